The standard InChI is InChI=1S/C15H28N2O2/c1-16(2)15(18)6-5-13-4-3-9-17(12-13)14-7-10-19-11-8-14/h13-14H,3-12H2,1-2H3. The molecule has 2 aliphatic heterocycles. The van der Waals surface area contributed by atoms with E-state index < -0.39 is 0 Å². The molecule has 4 nitrogen and oxygen atoms in total. The minimum absolute atomic E-state index is 0.267. The SMILES string of the molecule is CN(C)C(=O)CCC1CCCN(C2CCOCC2)C1. The Bertz CT molecular complexity index is 288. The van der Waals surface area contributed by atoms with Crippen LogP contribution in [0.15, 0.2) is 0 Å². The molecular formula is C15H28N2O2. The molecular weight excluding hydrogens is 240 g/mol. The molecule has 2 saturated heterocycles. The van der Waals surface area contributed by atoms with Crippen LogP contribution in [-0.4, -0.2) is 62.1 Å². The first-order valence-electron chi connectivity index (χ1n) is 7.68. The lowest BCUT2D eigenvalue weighted by atomic mass is 9.91. The Morgan fingerprint density at radius 1 is 1.26 bits per heavy atom. The molecule has 0 aromatic carbocycles. The summed E-state index contributed by atoms with van der Waals surface area (Å²) in [7, 11) is 3.69. The molecule has 2 fully saturated rings. The number of likely N-dealkylation sites (tertiary alicyclic amines) is 1. The van der Waals surface area contributed by atoms with Gasteiger partial charge in [0.1, 0.15) is 0 Å². The molecule has 0 aliphatic carbocycles. The van der Waals surface area contributed by atoms with Crippen LogP contribution in [0.5, 0.6) is 0 Å². The molecule has 0 saturated carbocycles. The summed E-state index contributed by atoms with van der Waals surface area (Å²) < 4.78 is 5.45. The highest BCUT2D eigenvalue weighted by molar-refractivity contribution is 5.75. The highest BCUT2D eigenvalue weighted by atomic mass is 16.5. The van der Waals surface area contributed by atoms with E-state index in [1.54, 1.807) is 4.90 Å². The maximum absolute atomic E-state index is 11.7. The van der Waals surface area contributed by atoms with E-state index in [4.69, 9.17) is 4.74 Å². The smallest absolute Gasteiger partial charge is 0.222 e. The van der Waals surface area contributed by atoms with Gasteiger partial charge in [-0.15, -0.1) is 0 Å². The first-order chi connectivity index (χ1) is 9.16. The number of hydrogen-bond acceptors (Lipinski definition) is 3. The number of amides is 1. The number of ether oxygens (including phenoxy) is 1. The lowest BCUT2D eigenvalue weighted by Crippen LogP contribution is -2.45. The number of piperidine rings is 1. The molecule has 0 aromatic rings. The summed E-state index contributed by atoms with van der Waals surface area (Å²) in [5.41, 5.74) is 0. The molecule has 1 unspecified atom stereocenters. The fraction of sp³-hybridized carbons (Fsp3) is 0.933. The molecule has 2 heterocycles. The Balaban J connectivity index is 1.75. The summed E-state index contributed by atoms with van der Waals surface area (Å²) in [6.07, 6.45) is 6.71. The average molecular weight is 268 g/mol. The van der Waals surface area contributed by atoms with E-state index in [1.165, 1.54) is 38.8 Å². The molecule has 4 heteroatoms. The summed E-state index contributed by atoms with van der Waals surface area (Å²) in [6, 6.07) is 0.723. The molecule has 19 heavy (non-hydrogen) atoms. The summed E-state index contributed by atoms with van der Waals surface area (Å²) >= 11 is 0. The van der Waals surface area contributed by atoms with Crippen molar-refractivity contribution >= 4 is 5.91 Å². The quantitative estimate of drug-likeness (QED) is 0.778. The number of carbonyl (C=O) groups is 1. The van der Waals surface area contributed by atoms with Gasteiger partial charge in [0.05, 0.1) is 0 Å². The van der Waals surface area contributed by atoms with Crippen molar-refractivity contribution < 1.29 is 9.53 Å². The predicted molar refractivity (Wildman–Crippen MR) is 76.1 cm³/mol. The maximum Gasteiger partial charge on any atom is 0.222 e. The van der Waals surface area contributed by atoms with Crippen LogP contribution in [-0.2, 0) is 9.53 Å². The minimum atomic E-state index is 0.267. The van der Waals surface area contributed by atoms with Gasteiger partial charge < -0.3 is 9.64 Å². The van der Waals surface area contributed by atoms with Gasteiger partial charge in [0.25, 0.3) is 0 Å². The fourth-order valence-electron chi connectivity index (χ4n) is 3.27. The Labute approximate surface area is 117 Å². The maximum atomic E-state index is 11.7. The number of nitrogens with zero attached hydrogens (tertiary/aromatic N) is 2. The lowest BCUT2D eigenvalue weighted by Gasteiger charge is -2.40. The van der Waals surface area contributed by atoms with Gasteiger partial charge in [0.15, 0.2) is 0 Å². The van der Waals surface area contributed by atoms with Gasteiger partial charge in [-0.3, -0.25) is 9.69 Å². The van der Waals surface area contributed by atoms with E-state index in [1.807, 2.05) is 14.1 Å². The average Bonchev–Trinajstić information content (AvgIpc) is 2.46. The van der Waals surface area contributed by atoms with Crippen LogP contribution >= 0.6 is 0 Å². The molecule has 1 amide bonds. The van der Waals surface area contributed by atoms with Crippen molar-refractivity contribution in [3.05, 3.63) is 0 Å². The third kappa shape index (κ3) is 4.46. The molecule has 0 radical (unpaired) electrons. The van der Waals surface area contributed by atoms with E-state index >= 15 is 0 Å². The molecule has 110 valence electrons. The van der Waals surface area contributed by atoms with Gasteiger partial charge >= 0.3 is 0 Å². The molecule has 2 aliphatic rings. The van der Waals surface area contributed by atoms with Gasteiger partial charge in [-0.25, -0.2) is 0 Å². The van der Waals surface area contributed by atoms with Gasteiger partial charge in [0.2, 0.25) is 5.91 Å². The third-order valence-electron chi connectivity index (χ3n) is 4.52. The van der Waals surface area contributed by atoms with E-state index in [0.717, 1.165) is 25.7 Å². The van der Waals surface area contributed by atoms with Crippen molar-refractivity contribution in [2.45, 2.75) is 44.6 Å². The molecule has 0 spiro atoms. The minimum Gasteiger partial charge on any atom is -0.381 e. The van der Waals surface area contributed by atoms with Crippen molar-refractivity contribution in [2.24, 2.45) is 5.92 Å². The van der Waals surface area contributed by atoms with Crippen molar-refractivity contribution in [3.8, 4) is 0 Å². The van der Waals surface area contributed by atoms with E-state index in [2.05, 4.69) is 4.90 Å². The van der Waals surface area contributed by atoms with Gasteiger partial charge in [-0.05, 0) is 44.6 Å². The molecule has 1 atom stereocenters. The van der Waals surface area contributed by atoms with Crippen molar-refractivity contribution in [1.82, 2.24) is 9.80 Å². The van der Waals surface area contributed by atoms with Crippen LogP contribution < -0.4 is 0 Å². The third-order valence-corrected chi connectivity index (χ3v) is 4.52. The largest absolute Gasteiger partial charge is 0.381 e. The highest BCUT2D eigenvalue weighted by Gasteiger charge is 2.27. The zero-order chi connectivity index (χ0) is 13.7. The Morgan fingerprint density at radius 3 is 2.68 bits per heavy atom. The first-order valence-corrected chi connectivity index (χ1v) is 7.68. The van der Waals surface area contributed by atoms with Crippen LogP contribution in [0.1, 0.15) is 38.5 Å². The topological polar surface area (TPSA) is 32.8 Å². The van der Waals surface area contributed by atoms with Crippen LogP contribution in [0.25, 0.3) is 0 Å². The Morgan fingerprint density at radius 2 is 2.00 bits per heavy atom. The second-order valence-corrected chi connectivity index (χ2v) is 6.17. The normalized spacial score (nSPS) is 26.3. The number of rotatable bonds is 4. The van der Waals surface area contributed by atoms with Gasteiger partial charge in [0, 0.05) is 46.3 Å². The van der Waals surface area contributed by atoms with E-state index in [-0.39, 0.29) is 5.91 Å². The Hall–Kier alpha value is -0.610. The molecule has 0 aromatic heterocycles. The van der Waals surface area contributed by atoms with E-state index in [0.29, 0.717) is 12.3 Å². The predicted octanol–water partition coefficient (Wildman–Crippen LogP) is 1.75. The van der Waals surface area contributed by atoms with Crippen molar-refractivity contribution in [1.29, 1.82) is 0 Å². The molecule has 0 N–H and O–H groups in total. The Kier molecular flexibility index (Phi) is 5.64. The fourth-order valence-corrected chi connectivity index (χ4v) is 3.27. The zero-order valence-electron chi connectivity index (χ0n) is 12.4. The second-order valence-electron chi connectivity index (χ2n) is 6.17. The monoisotopic (exact) mass is 268 g/mol. The molecule has 2 rings (SSSR count). The van der Waals surface area contributed by atoms with Crippen LogP contribution in [0, 0.1) is 5.92 Å². The van der Waals surface area contributed by atoms with Crippen molar-refractivity contribution in [2.75, 3.05) is 40.4 Å². The molecule has 0 bridgehead atoms. The second kappa shape index (κ2) is 7.25. The van der Waals surface area contributed by atoms with E-state index in [9.17, 15) is 4.79 Å². The summed E-state index contributed by atoms with van der Waals surface area (Å²) in [5, 5.41) is 0. The van der Waals surface area contributed by atoms with Crippen LogP contribution in [0.4, 0.5) is 0 Å². The summed E-state index contributed by atoms with van der Waals surface area (Å²) in [5.74, 6) is 0.976. The van der Waals surface area contributed by atoms with Crippen LogP contribution in [0.2, 0.25) is 0 Å². The number of hydrogen-bond donors (Lipinski definition) is 0. The van der Waals surface area contributed by atoms with Crippen LogP contribution in [0.3, 0.4) is 0 Å². The van der Waals surface area contributed by atoms with Gasteiger partial charge in [-0.2, -0.15) is 0 Å². The zero-order valence-corrected chi connectivity index (χ0v) is 12.4. The van der Waals surface area contributed by atoms with Crippen molar-refractivity contribution in [3.63, 3.8) is 0 Å². The summed E-state index contributed by atoms with van der Waals surface area (Å²) in [6.45, 7) is 4.27. The number of carbonyl (C=O) groups excluding carboxylic acids is 1. The summed E-state index contributed by atoms with van der Waals surface area (Å²) in [4.78, 5) is 16.0. The highest BCUT2D eigenvalue weighted by Crippen LogP contribution is 2.25. The first kappa shape index (κ1) is 14.8. The lowest BCUT2D eigenvalue weighted by molar-refractivity contribution is -0.129. The van der Waals surface area contributed by atoms with Gasteiger partial charge in [-0.1, -0.05) is 0 Å².